The summed E-state index contributed by atoms with van der Waals surface area (Å²) in [6.45, 7) is 5.04. The van der Waals surface area contributed by atoms with Crippen molar-refractivity contribution in [3.63, 3.8) is 0 Å². The normalized spacial score (nSPS) is 10.6. The second kappa shape index (κ2) is 6.71. The molecule has 0 saturated carbocycles. The zero-order valence-electron chi connectivity index (χ0n) is 10.3. The average Bonchev–Trinajstić information content (AvgIpc) is 2.27. The molecule has 0 aliphatic carbocycles. The summed E-state index contributed by atoms with van der Waals surface area (Å²) in [4.78, 5) is 17.7. The zero-order chi connectivity index (χ0) is 12.8. The second-order valence-corrected chi connectivity index (χ2v) is 4.80. The molecule has 0 aromatic carbocycles. The van der Waals surface area contributed by atoms with E-state index in [9.17, 15) is 4.79 Å². The van der Waals surface area contributed by atoms with Crippen LogP contribution in [0.25, 0.3) is 0 Å². The van der Waals surface area contributed by atoms with Crippen LogP contribution >= 0.6 is 15.9 Å². The lowest BCUT2D eigenvalue weighted by molar-refractivity contribution is 0.0529. The quantitative estimate of drug-likeness (QED) is 0.784. The lowest BCUT2D eigenvalue weighted by atomic mass is 10.3. The van der Waals surface area contributed by atoms with Gasteiger partial charge in [-0.05, 0) is 41.9 Å². The number of pyridine rings is 1. The zero-order valence-corrected chi connectivity index (χ0v) is 11.9. The van der Waals surface area contributed by atoms with E-state index in [2.05, 4.69) is 20.9 Å². The van der Waals surface area contributed by atoms with E-state index >= 15 is 0 Å². The first kappa shape index (κ1) is 14.1. The Balaban J connectivity index is 2.52. The molecular formula is C12H17BrN2O2. The lowest BCUT2D eigenvalue weighted by Gasteiger charge is -2.17. The molecule has 0 atom stereocenters. The molecule has 1 heterocycles. The maximum Gasteiger partial charge on any atom is 0.272 e. The fourth-order valence-electron chi connectivity index (χ4n) is 1.25. The van der Waals surface area contributed by atoms with E-state index in [0.29, 0.717) is 23.4 Å². The van der Waals surface area contributed by atoms with Crippen LogP contribution in [0.5, 0.6) is 0 Å². The van der Waals surface area contributed by atoms with Gasteiger partial charge < -0.3 is 9.64 Å². The number of ether oxygens (including phenoxy) is 1. The molecule has 0 aliphatic rings. The molecule has 0 saturated heterocycles. The number of carbonyl (C=O) groups is 1. The van der Waals surface area contributed by atoms with Crippen LogP contribution in [-0.4, -0.2) is 42.1 Å². The summed E-state index contributed by atoms with van der Waals surface area (Å²) < 4.78 is 6.06. The number of nitrogens with zero attached hydrogens (tertiary/aromatic N) is 2. The molecular weight excluding hydrogens is 284 g/mol. The van der Waals surface area contributed by atoms with Gasteiger partial charge in [0, 0.05) is 13.6 Å². The van der Waals surface area contributed by atoms with Crippen LogP contribution in [0.15, 0.2) is 22.8 Å². The summed E-state index contributed by atoms with van der Waals surface area (Å²) >= 11 is 3.24. The molecule has 5 heteroatoms. The van der Waals surface area contributed by atoms with Crippen LogP contribution in [0.2, 0.25) is 0 Å². The van der Waals surface area contributed by atoms with Crippen LogP contribution in [0.4, 0.5) is 0 Å². The highest BCUT2D eigenvalue weighted by atomic mass is 79.9. The summed E-state index contributed by atoms with van der Waals surface area (Å²) in [5, 5.41) is 0. The van der Waals surface area contributed by atoms with Crippen molar-refractivity contribution in [3.05, 3.63) is 28.5 Å². The van der Waals surface area contributed by atoms with E-state index in [-0.39, 0.29) is 12.0 Å². The highest BCUT2D eigenvalue weighted by Gasteiger charge is 2.13. The van der Waals surface area contributed by atoms with E-state index < -0.39 is 0 Å². The van der Waals surface area contributed by atoms with Gasteiger partial charge in [0.1, 0.15) is 10.3 Å². The molecule has 0 aliphatic heterocycles. The van der Waals surface area contributed by atoms with E-state index in [1.165, 1.54) is 0 Å². The lowest BCUT2D eigenvalue weighted by Crippen LogP contribution is -2.31. The van der Waals surface area contributed by atoms with Crippen molar-refractivity contribution in [1.82, 2.24) is 9.88 Å². The Morgan fingerprint density at radius 1 is 1.53 bits per heavy atom. The molecule has 94 valence electrons. The van der Waals surface area contributed by atoms with Crippen molar-refractivity contribution in [2.75, 3.05) is 20.2 Å². The van der Waals surface area contributed by atoms with Gasteiger partial charge in [0.05, 0.1) is 12.7 Å². The van der Waals surface area contributed by atoms with Crippen molar-refractivity contribution in [2.45, 2.75) is 20.0 Å². The summed E-state index contributed by atoms with van der Waals surface area (Å²) in [5.41, 5.74) is 0.437. The Kier molecular flexibility index (Phi) is 5.58. The largest absolute Gasteiger partial charge is 0.377 e. The number of amides is 1. The van der Waals surface area contributed by atoms with Crippen molar-refractivity contribution < 1.29 is 9.53 Å². The second-order valence-electron chi connectivity index (χ2n) is 3.99. The van der Waals surface area contributed by atoms with E-state index in [4.69, 9.17) is 4.74 Å². The maximum atomic E-state index is 12.0. The smallest absolute Gasteiger partial charge is 0.272 e. The summed E-state index contributed by atoms with van der Waals surface area (Å²) in [5.74, 6) is -0.0985. The number of halogens is 1. The van der Waals surface area contributed by atoms with Crippen molar-refractivity contribution in [3.8, 4) is 0 Å². The van der Waals surface area contributed by atoms with Crippen LogP contribution in [0.1, 0.15) is 24.3 Å². The number of rotatable bonds is 5. The van der Waals surface area contributed by atoms with E-state index in [1.807, 2.05) is 13.8 Å². The molecule has 0 spiro atoms. The highest BCUT2D eigenvalue weighted by Crippen LogP contribution is 2.08. The molecule has 0 fully saturated rings. The number of aromatic nitrogens is 1. The Morgan fingerprint density at radius 3 is 2.82 bits per heavy atom. The van der Waals surface area contributed by atoms with E-state index in [0.717, 1.165) is 0 Å². The molecule has 17 heavy (non-hydrogen) atoms. The molecule has 0 bridgehead atoms. The molecule has 1 aromatic heterocycles. The summed E-state index contributed by atoms with van der Waals surface area (Å²) in [6, 6.07) is 5.29. The Bertz CT molecular complexity index is 383. The van der Waals surface area contributed by atoms with Gasteiger partial charge in [-0.2, -0.15) is 0 Å². The third kappa shape index (κ3) is 4.83. The first-order chi connectivity index (χ1) is 8.00. The van der Waals surface area contributed by atoms with Crippen molar-refractivity contribution in [1.29, 1.82) is 0 Å². The third-order valence-electron chi connectivity index (χ3n) is 2.16. The number of hydrogen-bond acceptors (Lipinski definition) is 3. The topological polar surface area (TPSA) is 42.4 Å². The summed E-state index contributed by atoms with van der Waals surface area (Å²) in [7, 11) is 1.74. The van der Waals surface area contributed by atoms with Crippen molar-refractivity contribution in [2.24, 2.45) is 0 Å². The van der Waals surface area contributed by atoms with Gasteiger partial charge in [0.15, 0.2) is 0 Å². The molecule has 1 amide bonds. The minimum atomic E-state index is -0.0985. The predicted octanol–water partition coefficient (Wildman–Crippen LogP) is 2.34. The molecule has 0 radical (unpaired) electrons. The Hall–Kier alpha value is -0.940. The number of likely N-dealkylation sites (N-methyl/N-ethyl adjacent to an activating group) is 1. The fraction of sp³-hybridized carbons (Fsp3) is 0.500. The predicted molar refractivity (Wildman–Crippen MR) is 70.0 cm³/mol. The van der Waals surface area contributed by atoms with Gasteiger partial charge in [0.25, 0.3) is 5.91 Å². The number of carbonyl (C=O) groups excluding carboxylic acids is 1. The average molecular weight is 301 g/mol. The van der Waals surface area contributed by atoms with Crippen LogP contribution in [0.3, 0.4) is 0 Å². The minimum Gasteiger partial charge on any atom is -0.377 e. The van der Waals surface area contributed by atoms with Crippen molar-refractivity contribution >= 4 is 21.8 Å². The van der Waals surface area contributed by atoms with Gasteiger partial charge in [-0.25, -0.2) is 4.98 Å². The first-order valence-corrected chi connectivity index (χ1v) is 6.29. The maximum absolute atomic E-state index is 12.0. The summed E-state index contributed by atoms with van der Waals surface area (Å²) in [6.07, 6.45) is 0.183. The number of hydrogen-bond donors (Lipinski definition) is 0. The Morgan fingerprint density at radius 2 is 2.24 bits per heavy atom. The third-order valence-corrected chi connectivity index (χ3v) is 2.60. The van der Waals surface area contributed by atoms with Gasteiger partial charge in [-0.3, -0.25) is 4.79 Å². The molecule has 0 unspecified atom stereocenters. The minimum absolute atomic E-state index is 0.0985. The Labute approximate surface area is 110 Å². The molecule has 1 rings (SSSR count). The molecule has 0 N–H and O–H groups in total. The van der Waals surface area contributed by atoms with Crippen LogP contribution < -0.4 is 0 Å². The highest BCUT2D eigenvalue weighted by molar-refractivity contribution is 9.10. The van der Waals surface area contributed by atoms with Crippen LogP contribution in [-0.2, 0) is 4.74 Å². The first-order valence-electron chi connectivity index (χ1n) is 5.50. The van der Waals surface area contributed by atoms with Crippen LogP contribution in [0, 0.1) is 0 Å². The van der Waals surface area contributed by atoms with Gasteiger partial charge in [0.2, 0.25) is 0 Å². The monoisotopic (exact) mass is 300 g/mol. The van der Waals surface area contributed by atoms with Gasteiger partial charge in [-0.1, -0.05) is 6.07 Å². The standard InChI is InChI=1S/C12H17BrN2O2/c1-9(2)17-8-7-15(3)12(16)10-5-4-6-11(13)14-10/h4-6,9H,7-8H2,1-3H3. The molecule has 4 nitrogen and oxygen atoms in total. The van der Waals surface area contributed by atoms with Gasteiger partial charge in [-0.15, -0.1) is 0 Å². The SMILES string of the molecule is CC(C)OCCN(C)C(=O)c1cccc(Br)n1. The fourth-order valence-corrected chi connectivity index (χ4v) is 1.59. The van der Waals surface area contributed by atoms with Gasteiger partial charge >= 0.3 is 0 Å². The molecule has 1 aromatic rings. The van der Waals surface area contributed by atoms with E-state index in [1.54, 1.807) is 30.1 Å².